The van der Waals surface area contributed by atoms with E-state index in [1.807, 2.05) is 6.92 Å². The predicted octanol–water partition coefficient (Wildman–Crippen LogP) is 1.08. The smallest absolute Gasteiger partial charge is 0.374 e. The number of hydrogen-bond donors (Lipinski definition) is 2. The van der Waals surface area contributed by atoms with E-state index in [-0.39, 0.29) is 11.7 Å². The molecule has 0 saturated heterocycles. The van der Waals surface area contributed by atoms with E-state index in [0.717, 1.165) is 41.9 Å². The molecule has 1 aliphatic carbocycles. The molecule has 1 heterocycles. The third-order valence-electron chi connectivity index (χ3n) is 3.07. The highest BCUT2D eigenvalue weighted by molar-refractivity contribution is 6.05. The van der Waals surface area contributed by atoms with Crippen LogP contribution in [0.25, 0.3) is 0 Å². The molecule has 0 unspecified atom stereocenters. The summed E-state index contributed by atoms with van der Waals surface area (Å²) in [4.78, 5) is 11.8. The Hall–Kier alpha value is -2.31. The lowest BCUT2D eigenvalue weighted by atomic mass is 9.93. The molecule has 0 fully saturated rings. The van der Waals surface area contributed by atoms with Crippen molar-refractivity contribution in [2.24, 2.45) is 21.7 Å². The third-order valence-corrected chi connectivity index (χ3v) is 3.07. The zero-order valence-electron chi connectivity index (χ0n) is 11.6. The lowest BCUT2D eigenvalue weighted by Gasteiger charge is -2.11. The van der Waals surface area contributed by atoms with Crippen LogP contribution >= 0.6 is 0 Å². The van der Waals surface area contributed by atoms with Gasteiger partial charge >= 0.3 is 5.97 Å². The molecule has 0 spiro atoms. The summed E-state index contributed by atoms with van der Waals surface area (Å²) in [6.45, 7) is 3.87. The van der Waals surface area contributed by atoms with Crippen molar-refractivity contribution in [2.45, 2.75) is 33.1 Å². The lowest BCUT2D eigenvalue weighted by Crippen LogP contribution is -2.22. The highest BCUT2D eigenvalue weighted by Gasteiger charge is 2.28. The van der Waals surface area contributed by atoms with Crippen LogP contribution in [-0.2, 0) is 11.2 Å². The topological polar surface area (TPSA) is 116 Å². The van der Waals surface area contributed by atoms with E-state index in [2.05, 4.69) is 10.2 Å². The predicted molar refractivity (Wildman–Crippen MR) is 74.7 cm³/mol. The summed E-state index contributed by atoms with van der Waals surface area (Å²) >= 11 is 0. The maximum atomic E-state index is 11.8. The van der Waals surface area contributed by atoms with Gasteiger partial charge in [-0.05, 0) is 26.7 Å². The van der Waals surface area contributed by atoms with Crippen LogP contribution in [0.1, 0.15) is 47.2 Å². The molecule has 1 aliphatic rings. The number of aryl methyl sites for hydroxylation is 1. The van der Waals surface area contributed by atoms with Crippen LogP contribution in [0.3, 0.4) is 0 Å². The Balaban J connectivity index is 2.44. The SMILES string of the molecule is CCOC(=O)c1oc2c(c1C)/C(=N/N=C(N)N)CCC2. The standard InChI is InChI=1S/C13H18N4O3/c1-3-19-12(18)11-7(2)10-8(16-17-13(14)15)5-4-6-9(10)20-11/h3-6H2,1-2H3,(H4,14,15,17)/b16-8+. The summed E-state index contributed by atoms with van der Waals surface area (Å²) in [7, 11) is 0. The molecule has 2 rings (SSSR count). The van der Waals surface area contributed by atoms with Gasteiger partial charge in [-0.3, -0.25) is 0 Å². The Kier molecular flexibility index (Phi) is 4.07. The largest absolute Gasteiger partial charge is 0.460 e. The maximum absolute atomic E-state index is 11.8. The molecule has 4 N–H and O–H groups in total. The Bertz CT molecular complexity index is 583. The summed E-state index contributed by atoms with van der Waals surface area (Å²) in [6.07, 6.45) is 2.38. The molecule has 0 amide bonds. The van der Waals surface area contributed by atoms with Gasteiger partial charge in [0, 0.05) is 17.5 Å². The second-order valence-electron chi connectivity index (χ2n) is 4.50. The van der Waals surface area contributed by atoms with Crippen molar-refractivity contribution in [2.75, 3.05) is 6.61 Å². The van der Waals surface area contributed by atoms with Crippen molar-refractivity contribution in [1.29, 1.82) is 0 Å². The number of esters is 1. The number of guanidine groups is 1. The first kappa shape index (κ1) is 14.1. The van der Waals surface area contributed by atoms with Crippen molar-refractivity contribution < 1.29 is 13.9 Å². The fourth-order valence-corrected chi connectivity index (χ4v) is 2.28. The van der Waals surface area contributed by atoms with Crippen LogP contribution in [0.15, 0.2) is 14.6 Å². The Labute approximate surface area is 116 Å². The van der Waals surface area contributed by atoms with Gasteiger partial charge < -0.3 is 20.6 Å². The molecular formula is C13H18N4O3. The fourth-order valence-electron chi connectivity index (χ4n) is 2.28. The van der Waals surface area contributed by atoms with Crippen LogP contribution in [0.4, 0.5) is 0 Å². The Morgan fingerprint density at radius 2 is 2.15 bits per heavy atom. The molecule has 20 heavy (non-hydrogen) atoms. The number of furan rings is 1. The summed E-state index contributed by atoms with van der Waals surface area (Å²) in [6, 6.07) is 0. The van der Waals surface area contributed by atoms with E-state index < -0.39 is 5.97 Å². The zero-order valence-corrected chi connectivity index (χ0v) is 11.6. The average molecular weight is 278 g/mol. The van der Waals surface area contributed by atoms with Gasteiger partial charge in [-0.2, -0.15) is 5.10 Å². The summed E-state index contributed by atoms with van der Waals surface area (Å²) in [5.41, 5.74) is 12.8. The van der Waals surface area contributed by atoms with Crippen molar-refractivity contribution in [1.82, 2.24) is 0 Å². The van der Waals surface area contributed by atoms with E-state index >= 15 is 0 Å². The lowest BCUT2D eigenvalue weighted by molar-refractivity contribution is 0.0487. The number of nitrogens with zero attached hydrogens (tertiary/aromatic N) is 2. The molecule has 108 valence electrons. The Morgan fingerprint density at radius 1 is 1.40 bits per heavy atom. The molecule has 0 saturated carbocycles. The van der Waals surface area contributed by atoms with E-state index in [1.165, 1.54) is 0 Å². The number of rotatable bonds is 3. The monoisotopic (exact) mass is 278 g/mol. The number of carbonyl (C=O) groups excluding carboxylic acids is 1. The number of hydrogen-bond acceptors (Lipinski definition) is 5. The maximum Gasteiger partial charge on any atom is 0.374 e. The minimum Gasteiger partial charge on any atom is -0.460 e. The van der Waals surface area contributed by atoms with Crippen LogP contribution in [0.2, 0.25) is 0 Å². The van der Waals surface area contributed by atoms with E-state index in [4.69, 9.17) is 20.6 Å². The second-order valence-corrected chi connectivity index (χ2v) is 4.50. The first-order valence-electron chi connectivity index (χ1n) is 6.49. The van der Waals surface area contributed by atoms with Crippen LogP contribution < -0.4 is 11.5 Å². The van der Waals surface area contributed by atoms with Gasteiger partial charge in [0.1, 0.15) is 5.76 Å². The molecule has 1 aromatic heterocycles. The van der Waals surface area contributed by atoms with Crippen molar-refractivity contribution in [3.05, 3.63) is 22.6 Å². The molecule has 0 aromatic carbocycles. The van der Waals surface area contributed by atoms with Gasteiger partial charge in [-0.25, -0.2) is 4.79 Å². The normalized spacial score (nSPS) is 15.8. The van der Waals surface area contributed by atoms with Gasteiger partial charge in [0.2, 0.25) is 11.7 Å². The molecule has 0 radical (unpaired) electrons. The minimum absolute atomic E-state index is 0.101. The summed E-state index contributed by atoms with van der Waals surface area (Å²) < 4.78 is 10.6. The van der Waals surface area contributed by atoms with Crippen LogP contribution in [0.5, 0.6) is 0 Å². The summed E-state index contributed by atoms with van der Waals surface area (Å²) in [5, 5.41) is 7.73. The zero-order chi connectivity index (χ0) is 14.7. The molecule has 7 nitrogen and oxygen atoms in total. The van der Waals surface area contributed by atoms with E-state index in [9.17, 15) is 4.79 Å². The van der Waals surface area contributed by atoms with Gasteiger partial charge in [0.15, 0.2) is 0 Å². The van der Waals surface area contributed by atoms with Crippen LogP contribution in [-0.4, -0.2) is 24.2 Å². The van der Waals surface area contributed by atoms with Gasteiger partial charge in [0.25, 0.3) is 0 Å². The second kappa shape index (κ2) is 5.77. The highest BCUT2D eigenvalue weighted by atomic mass is 16.5. The van der Waals surface area contributed by atoms with Gasteiger partial charge in [-0.15, -0.1) is 5.10 Å². The van der Waals surface area contributed by atoms with Gasteiger partial charge in [0.05, 0.1) is 12.3 Å². The molecule has 0 bridgehead atoms. The van der Waals surface area contributed by atoms with E-state index in [0.29, 0.717) is 6.61 Å². The molecule has 7 heteroatoms. The number of ether oxygens (including phenoxy) is 1. The number of nitrogens with two attached hydrogens (primary N) is 2. The third kappa shape index (κ3) is 2.66. The molecular weight excluding hydrogens is 260 g/mol. The first-order chi connectivity index (χ1) is 9.54. The van der Waals surface area contributed by atoms with Crippen molar-refractivity contribution in [3.8, 4) is 0 Å². The van der Waals surface area contributed by atoms with Crippen molar-refractivity contribution >= 4 is 17.6 Å². The quantitative estimate of drug-likeness (QED) is 0.371. The molecule has 0 atom stereocenters. The molecule has 1 aromatic rings. The van der Waals surface area contributed by atoms with Gasteiger partial charge in [-0.1, -0.05) is 0 Å². The highest BCUT2D eigenvalue weighted by Crippen LogP contribution is 2.30. The molecule has 0 aliphatic heterocycles. The average Bonchev–Trinajstić information content (AvgIpc) is 2.75. The Morgan fingerprint density at radius 3 is 2.80 bits per heavy atom. The van der Waals surface area contributed by atoms with Crippen molar-refractivity contribution in [3.63, 3.8) is 0 Å². The first-order valence-corrected chi connectivity index (χ1v) is 6.49. The minimum atomic E-state index is -0.458. The number of carbonyl (C=O) groups is 1. The number of fused-ring (bicyclic) bond motifs is 1. The summed E-state index contributed by atoms with van der Waals surface area (Å²) in [5.74, 6) is 0.412. The fraction of sp³-hybridized carbons (Fsp3) is 0.462. The van der Waals surface area contributed by atoms with E-state index in [1.54, 1.807) is 6.92 Å². The van der Waals surface area contributed by atoms with Crippen LogP contribution in [0, 0.1) is 6.92 Å².